The molecule has 0 spiro atoms. The largest absolute Gasteiger partial charge is 0.467 e. The van der Waals surface area contributed by atoms with Crippen molar-refractivity contribution in [1.29, 1.82) is 0 Å². The summed E-state index contributed by atoms with van der Waals surface area (Å²) in [7, 11) is 1.82. The van der Waals surface area contributed by atoms with E-state index in [1.165, 1.54) is 32.4 Å². The zero-order chi connectivity index (χ0) is 18.0. The monoisotopic (exact) mass is 350 g/mol. The number of hydrogen-bond donors (Lipinski definition) is 2. The van der Waals surface area contributed by atoms with E-state index in [1.54, 1.807) is 6.26 Å². The summed E-state index contributed by atoms with van der Waals surface area (Å²) in [5.41, 5.74) is 0.143. The molecule has 1 aromatic heterocycles. The lowest BCUT2D eigenvalue weighted by atomic mass is 9.98. The first kappa shape index (κ1) is 19.8. The van der Waals surface area contributed by atoms with Gasteiger partial charge in [0, 0.05) is 32.3 Å². The number of furan rings is 1. The quantitative estimate of drug-likeness (QED) is 0.407. The van der Waals surface area contributed by atoms with Crippen LogP contribution in [0.5, 0.6) is 0 Å². The van der Waals surface area contributed by atoms with Crippen molar-refractivity contribution in [2.24, 2.45) is 4.99 Å². The van der Waals surface area contributed by atoms with Crippen molar-refractivity contribution in [2.75, 3.05) is 39.8 Å². The van der Waals surface area contributed by atoms with Crippen LogP contribution < -0.4 is 10.6 Å². The summed E-state index contributed by atoms with van der Waals surface area (Å²) in [4.78, 5) is 6.90. The predicted molar refractivity (Wildman–Crippen MR) is 102 cm³/mol. The number of ether oxygens (including phenoxy) is 1. The van der Waals surface area contributed by atoms with Gasteiger partial charge in [0.15, 0.2) is 5.96 Å². The number of rotatable bonds is 9. The fourth-order valence-corrected chi connectivity index (χ4v) is 3.08. The Hall–Kier alpha value is -1.53. The molecule has 0 bridgehead atoms. The molecular weight excluding hydrogens is 316 g/mol. The second-order valence-electron chi connectivity index (χ2n) is 7.20. The molecule has 142 valence electrons. The molecule has 1 aromatic rings. The van der Waals surface area contributed by atoms with Crippen LogP contribution in [0.25, 0.3) is 0 Å². The first-order valence-electron chi connectivity index (χ1n) is 9.41. The molecule has 1 saturated heterocycles. The molecular formula is C19H34N4O2. The summed E-state index contributed by atoms with van der Waals surface area (Å²) in [5, 5.41) is 6.82. The molecule has 1 aliphatic heterocycles. The summed E-state index contributed by atoms with van der Waals surface area (Å²) < 4.78 is 10.8. The van der Waals surface area contributed by atoms with Gasteiger partial charge < -0.3 is 19.8 Å². The van der Waals surface area contributed by atoms with Gasteiger partial charge in [0.25, 0.3) is 0 Å². The molecule has 2 rings (SSSR count). The van der Waals surface area contributed by atoms with E-state index >= 15 is 0 Å². The Balaban J connectivity index is 1.58. The summed E-state index contributed by atoms with van der Waals surface area (Å²) >= 11 is 0. The van der Waals surface area contributed by atoms with Crippen LogP contribution in [-0.4, -0.2) is 56.2 Å². The van der Waals surface area contributed by atoms with Crippen molar-refractivity contribution in [1.82, 2.24) is 15.5 Å². The number of nitrogens with one attached hydrogen (secondary N) is 2. The molecule has 25 heavy (non-hydrogen) atoms. The third-order valence-electron chi connectivity index (χ3n) is 4.71. The maximum atomic E-state index is 5.59. The van der Waals surface area contributed by atoms with Crippen LogP contribution in [-0.2, 0) is 11.3 Å². The molecule has 0 radical (unpaired) electrons. The van der Waals surface area contributed by atoms with E-state index in [0.29, 0.717) is 13.2 Å². The van der Waals surface area contributed by atoms with Gasteiger partial charge in [-0.05, 0) is 58.3 Å². The van der Waals surface area contributed by atoms with Gasteiger partial charge in [0.05, 0.1) is 6.26 Å². The smallest absolute Gasteiger partial charge is 0.191 e. The number of nitrogens with zero attached hydrogens (tertiary/aromatic N) is 2. The second kappa shape index (κ2) is 10.5. The molecule has 0 saturated carbocycles. The van der Waals surface area contributed by atoms with Crippen LogP contribution in [0.2, 0.25) is 0 Å². The van der Waals surface area contributed by atoms with Gasteiger partial charge in [-0.1, -0.05) is 6.42 Å². The summed E-state index contributed by atoms with van der Waals surface area (Å²) in [6.45, 7) is 9.97. The highest BCUT2D eigenvalue weighted by atomic mass is 16.5. The van der Waals surface area contributed by atoms with Gasteiger partial charge in [0.2, 0.25) is 0 Å². The van der Waals surface area contributed by atoms with Crippen LogP contribution in [0.4, 0.5) is 0 Å². The maximum Gasteiger partial charge on any atom is 0.191 e. The van der Waals surface area contributed by atoms with E-state index in [9.17, 15) is 0 Å². The molecule has 1 aliphatic rings. The Morgan fingerprint density at radius 3 is 2.76 bits per heavy atom. The van der Waals surface area contributed by atoms with Crippen molar-refractivity contribution in [2.45, 2.75) is 51.7 Å². The number of aliphatic imine (C=N–C) groups is 1. The number of hydrogen-bond acceptors (Lipinski definition) is 4. The van der Waals surface area contributed by atoms with E-state index in [4.69, 9.17) is 9.15 Å². The molecule has 0 atom stereocenters. The Morgan fingerprint density at radius 1 is 1.28 bits per heavy atom. The molecule has 0 amide bonds. The highest BCUT2D eigenvalue weighted by molar-refractivity contribution is 5.79. The van der Waals surface area contributed by atoms with E-state index in [2.05, 4.69) is 34.4 Å². The molecule has 2 N–H and O–H groups in total. The zero-order valence-corrected chi connectivity index (χ0v) is 16.0. The maximum absolute atomic E-state index is 5.59. The van der Waals surface area contributed by atoms with Crippen LogP contribution in [0.3, 0.4) is 0 Å². The minimum absolute atomic E-state index is 0.143. The summed E-state index contributed by atoms with van der Waals surface area (Å²) in [5.74, 6) is 1.72. The van der Waals surface area contributed by atoms with Gasteiger partial charge in [-0.3, -0.25) is 9.89 Å². The standard InChI is InChI=1S/C19H34N4O2/c1-19(2,23-11-5-4-6-12-23)16-22-18(20-3)21-10-8-13-24-15-17-9-7-14-25-17/h7,9,14H,4-6,8,10-13,15-16H2,1-3H3,(H2,20,21,22). The molecule has 1 fully saturated rings. The Bertz CT molecular complexity index is 494. The number of likely N-dealkylation sites (tertiary alicyclic amines) is 1. The van der Waals surface area contributed by atoms with E-state index < -0.39 is 0 Å². The minimum Gasteiger partial charge on any atom is -0.467 e. The third kappa shape index (κ3) is 7.08. The average molecular weight is 351 g/mol. The van der Waals surface area contributed by atoms with Gasteiger partial charge >= 0.3 is 0 Å². The lowest BCUT2D eigenvalue weighted by molar-refractivity contribution is 0.0980. The van der Waals surface area contributed by atoms with Crippen LogP contribution in [0.15, 0.2) is 27.8 Å². The highest BCUT2D eigenvalue weighted by Gasteiger charge is 2.27. The second-order valence-corrected chi connectivity index (χ2v) is 7.20. The summed E-state index contributed by atoms with van der Waals surface area (Å²) in [6.07, 6.45) is 6.59. The molecule has 0 aromatic carbocycles. The Labute approximate surface area is 152 Å². The minimum atomic E-state index is 0.143. The molecule has 0 aliphatic carbocycles. The SMILES string of the molecule is CN=C(NCCCOCc1ccco1)NCC(C)(C)N1CCCCC1. The lowest BCUT2D eigenvalue weighted by Gasteiger charge is -2.41. The highest BCUT2D eigenvalue weighted by Crippen LogP contribution is 2.19. The lowest BCUT2D eigenvalue weighted by Crippen LogP contribution is -2.54. The van der Waals surface area contributed by atoms with Crippen LogP contribution >= 0.6 is 0 Å². The first-order valence-corrected chi connectivity index (χ1v) is 9.41. The summed E-state index contributed by atoms with van der Waals surface area (Å²) in [6, 6.07) is 3.80. The molecule has 2 heterocycles. The number of guanidine groups is 1. The van der Waals surface area contributed by atoms with Gasteiger partial charge in [-0.15, -0.1) is 0 Å². The Kier molecular flexibility index (Phi) is 8.28. The van der Waals surface area contributed by atoms with Crippen molar-refractivity contribution < 1.29 is 9.15 Å². The van der Waals surface area contributed by atoms with E-state index in [1.807, 2.05) is 19.2 Å². The third-order valence-corrected chi connectivity index (χ3v) is 4.71. The average Bonchev–Trinajstić information content (AvgIpc) is 3.14. The predicted octanol–water partition coefficient (Wildman–Crippen LogP) is 2.62. The first-order chi connectivity index (χ1) is 12.1. The van der Waals surface area contributed by atoms with Gasteiger partial charge in [-0.25, -0.2) is 0 Å². The fraction of sp³-hybridized carbons (Fsp3) is 0.737. The molecule has 0 unspecified atom stereocenters. The fourth-order valence-electron chi connectivity index (χ4n) is 3.08. The van der Waals surface area contributed by atoms with Crippen molar-refractivity contribution >= 4 is 5.96 Å². The van der Waals surface area contributed by atoms with Crippen LogP contribution in [0, 0.1) is 0 Å². The number of piperidine rings is 1. The topological polar surface area (TPSA) is 62.0 Å². The molecule has 6 nitrogen and oxygen atoms in total. The van der Waals surface area contributed by atoms with E-state index in [0.717, 1.165) is 31.2 Å². The Morgan fingerprint density at radius 2 is 2.08 bits per heavy atom. The van der Waals surface area contributed by atoms with Crippen molar-refractivity contribution in [3.8, 4) is 0 Å². The van der Waals surface area contributed by atoms with Gasteiger partial charge in [0.1, 0.15) is 12.4 Å². The van der Waals surface area contributed by atoms with Gasteiger partial charge in [-0.2, -0.15) is 0 Å². The van der Waals surface area contributed by atoms with Crippen molar-refractivity contribution in [3.05, 3.63) is 24.2 Å². The van der Waals surface area contributed by atoms with Crippen molar-refractivity contribution in [3.63, 3.8) is 0 Å². The normalized spacial score (nSPS) is 16.8. The molecule has 6 heteroatoms. The van der Waals surface area contributed by atoms with Crippen LogP contribution in [0.1, 0.15) is 45.3 Å². The zero-order valence-electron chi connectivity index (χ0n) is 16.0. The van der Waals surface area contributed by atoms with E-state index in [-0.39, 0.29) is 5.54 Å².